The van der Waals surface area contributed by atoms with Gasteiger partial charge in [-0.15, -0.1) is 11.3 Å². The van der Waals surface area contributed by atoms with E-state index in [1.807, 2.05) is 6.07 Å². The van der Waals surface area contributed by atoms with E-state index in [0.717, 1.165) is 29.0 Å². The zero-order valence-corrected chi connectivity index (χ0v) is 14.4. The van der Waals surface area contributed by atoms with Gasteiger partial charge in [-0.05, 0) is 53.7 Å². The van der Waals surface area contributed by atoms with Gasteiger partial charge in [0.25, 0.3) is 0 Å². The standard InChI is InChI=1S/C20H20FNOS/c1-2-14-3-7-16(8-4-14)17-12-20(24-13-17)22-19(23)11-15-5-9-18(21)10-6-15/h3,5-10,12-14H,2,4,11H2,1H3,(H,22,23). The molecule has 3 rings (SSSR count). The monoisotopic (exact) mass is 341 g/mol. The highest BCUT2D eigenvalue weighted by Gasteiger charge is 2.11. The van der Waals surface area contributed by atoms with Crippen molar-refractivity contribution < 1.29 is 9.18 Å². The van der Waals surface area contributed by atoms with Crippen molar-refractivity contribution in [1.82, 2.24) is 0 Å². The van der Waals surface area contributed by atoms with Crippen molar-refractivity contribution in [2.75, 3.05) is 5.32 Å². The Morgan fingerprint density at radius 3 is 2.79 bits per heavy atom. The number of carbonyl (C=O) groups excluding carboxylic acids is 1. The Balaban J connectivity index is 1.60. The third-order valence-corrected chi connectivity index (χ3v) is 5.03. The molecule has 0 saturated carbocycles. The van der Waals surface area contributed by atoms with E-state index >= 15 is 0 Å². The van der Waals surface area contributed by atoms with E-state index in [1.54, 1.807) is 12.1 Å². The van der Waals surface area contributed by atoms with Crippen LogP contribution in [-0.2, 0) is 11.2 Å². The van der Waals surface area contributed by atoms with Crippen LogP contribution < -0.4 is 5.32 Å². The fourth-order valence-corrected chi connectivity index (χ4v) is 3.53. The zero-order valence-electron chi connectivity index (χ0n) is 13.6. The summed E-state index contributed by atoms with van der Waals surface area (Å²) in [6.07, 6.45) is 9.18. The van der Waals surface area contributed by atoms with Gasteiger partial charge in [-0.25, -0.2) is 4.39 Å². The van der Waals surface area contributed by atoms with E-state index in [0.29, 0.717) is 5.92 Å². The minimum Gasteiger partial charge on any atom is -0.317 e. The number of rotatable bonds is 5. The van der Waals surface area contributed by atoms with Crippen LogP contribution in [0.5, 0.6) is 0 Å². The topological polar surface area (TPSA) is 29.1 Å². The summed E-state index contributed by atoms with van der Waals surface area (Å²) in [5.41, 5.74) is 3.16. The van der Waals surface area contributed by atoms with Gasteiger partial charge in [0, 0.05) is 5.38 Å². The largest absolute Gasteiger partial charge is 0.317 e. The number of carbonyl (C=O) groups is 1. The first-order valence-electron chi connectivity index (χ1n) is 8.15. The SMILES string of the molecule is CCC1C=CC(c2csc(NC(=O)Cc3ccc(F)cc3)c2)=CC1. The van der Waals surface area contributed by atoms with Crippen molar-refractivity contribution in [3.05, 3.63) is 70.9 Å². The van der Waals surface area contributed by atoms with Crippen molar-refractivity contribution >= 4 is 27.8 Å². The number of nitrogens with one attached hydrogen (secondary N) is 1. The van der Waals surface area contributed by atoms with Crippen molar-refractivity contribution in [3.63, 3.8) is 0 Å². The predicted octanol–water partition coefficient (Wildman–Crippen LogP) is 5.44. The highest BCUT2D eigenvalue weighted by Crippen LogP contribution is 2.30. The molecule has 1 amide bonds. The third-order valence-electron chi connectivity index (χ3n) is 4.19. The van der Waals surface area contributed by atoms with Gasteiger partial charge in [0.05, 0.1) is 11.4 Å². The van der Waals surface area contributed by atoms with E-state index in [-0.39, 0.29) is 18.1 Å². The van der Waals surface area contributed by atoms with Crippen LogP contribution in [0.4, 0.5) is 9.39 Å². The molecule has 1 heterocycles. The second-order valence-corrected chi connectivity index (χ2v) is 6.88. The van der Waals surface area contributed by atoms with Crippen LogP contribution in [0, 0.1) is 11.7 Å². The predicted molar refractivity (Wildman–Crippen MR) is 98.6 cm³/mol. The second-order valence-electron chi connectivity index (χ2n) is 5.97. The van der Waals surface area contributed by atoms with Gasteiger partial charge in [-0.3, -0.25) is 4.79 Å². The number of hydrogen-bond donors (Lipinski definition) is 1. The summed E-state index contributed by atoms with van der Waals surface area (Å²) in [5, 5.41) is 5.82. The third kappa shape index (κ3) is 4.20. The lowest BCUT2D eigenvalue weighted by Gasteiger charge is -2.13. The Bertz CT molecular complexity index is 773. The highest BCUT2D eigenvalue weighted by molar-refractivity contribution is 7.14. The molecule has 0 bridgehead atoms. The molecule has 0 spiro atoms. The normalized spacial score (nSPS) is 16.8. The second kappa shape index (κ2) is 7.58. The Labute approximate surface area is 145 Å². The summed E-state index contributed by atoms with van der Waals surface area (Å²) in [6.45, 7) is 2.20. The van der Waals surface area contributed by atoms with E-state index in [2.05, 4.69) is 35.8 Å². The molecule has 1 aromatic carbocycles. The average Bonchev–Trinajstić information content (AvgIpc) is 3.05. The van der Waals surface area contributed by atoms with Crippen molar-refractivity contribution in [3.8, 4) is 0 Å². The van der Waals surface area contributed by atoms with Crippen LogP contribution in [0.25, 0.3) is 5.57 Å². The lowest BCUT2D eigenvalue weighted by molar-refractivity contribution is -0.115. The summed E-state index contributed by atoms with van der Waals surface area (Å²) in [5.74, 6) is 0.262. The maximum Gasteiger partial charge on any atom is 0.229 e. The van der Waals surface area contributed by atoms with Gasteiger partial charge in [0.15, 0.2) is 0 Å². The first-order chi connectivity index (χ1) is 11.6. The van der Waals surface area contributed by atoms with Crippen LogP contribution in [0.2, 0.25) is 0 Å². The van der Waals surface area contributed by atoms with E-state index in [4.69, 9.17) is 0 Å². The smallest absolute Gasteiger partial charge is 0.229 e. The maximum absolute atomic E-state index is 12.9. The van der Waals surface area contributed by atoms with E-state index in [9.17, 15) is 9.18 Å². The molecule has 24 heavy (non-hydrogen) atoms. The fourth-order valence-electron chi connectivity index (χ4n) is 2.70. The Morgan fingerprint density at radius 2 is 2.12 bits per heavy atom. The summed E-state index contributed by atoms with van der Waals surface area (Å²) >= 11 is 1.52. The Kier molecular flexibility index (Phi) is 5.26. The van der Waals surface area contributed by atoms with Crippen LogP contribution in [0.15, 0.2) is 53.9 Å². The molecule has 0 aliphatic heterocycles. The van der Waals surface area contributed by atoms with Gasteiger partial charge in [-0.2, -0.15) is 0 Å². The molecular weight excluding hydrogens is 321 g/mol. The molecule has 1 N–H and O–H groups in total. The number of hydrogen-bond acceptors (Lipinski definition) is 2. The van der Waals surface area contributed by atoms with E-state index < -0.39 is 0 Å². The average molecular weight is 341 g/mol. The quantitative estimate of drug-likeness (QED) is 0.771. The molecule has 1 aromatic heterocycles. The number of benzene rings is 1. The Hall–Kier alpha value is -2.20. The van der Waals surface area contributed by atoms with Gasteiger partial charge < -0.3 is 5.32 Å². The van der Waals surface area contributed by atoms with Crippen molar-refractivity contribution in [2.45, 2.75) is 26.2 Å². The highest BCUT2D eigenvalue weighted by atomic mass is 32.1. The van der Waals surface area contributed by atoms with Crippen molar-refractivity contribution in [1.29, 1.82) is 0 Å². The molecular formula is C20H20FNOS. The molecule has 1 aliphatic carbocycles. The number of allylic oxidation sites excluding steroid dienone is 4. The molecule has 1 unspecified atom stereocenters. The number of halogens is 1. The van der Waals surface area contributed by atoms with Crippen molar-refractivity contribution in [2.24, 2.45) is 5.92 Å². The summed E-state index contributed by atoms with van der Waals surface area (Å²) in [4.78, 5) is 12.1. The van der Waals surface area contributed by atoms with Crippen LogP contribution in [-0.4, -0.2) is 5.91 Å². The lowest BCUT2D eigenvalue weighted by Crippen LogP contribution is -2.13. The van der Waals surface area contributed by atoms with Gasteiger partial charge in [0.1, 0.15) is 5.82 Å². The molecule has 0 fully saturated rings. The van der Waals surface area contributed by atoms with Crippen LogP contribution in [0.1, 0.15) is 30.9 Å². The maximum atomic E-state index is 12.9. The zero-order chi connectivity index (χ0) is 16.9. The molecule has 1 aliphatic rings. The van der Waals surface area contributed by atoms with Crippen LogP contribution >= 0.6 is 11.3 Å². The summed E-state index contributed by atoms with van der Waals surface area (Å²) in [6, 6.07) is 8.03. The summed E-state index contributed by atoms with van der Waals surface area (Å²) in [7, 11) is 0. The number of anilines is 1. The molecule has 4 heteroatoms. The minimum atomic E-state index is -0.291. The summed E-state index contributed by atoms with van der Waals surface area (Å²) < 4.78 is 12.9. The molecule has 0 radical (unpaired) electrons. The van der Waals surface area contributed by atoms with Gasteiger partial charge in [0.2, 0.25) is 5.91 Å². The molecule has 124 valence electrons. The molecule has 2 nitrogen and oxygen atoms in total. The fraction of sp³-hybridized carbons (Fsp3) is 0.250. The molecule has 0 saturated heterocycles. The minimum absolute atomic E-state index is 0.0887. The van der Waals surface area contributed by atoms with Gasteiger partial charge >= 0.3 is 0 Å². The number of thiophene rings is 1. The molecule has 1 atom stereocenters. The van der Waals surface area contributed by atoms with Gasteiger partial charge in [-0.1, -0.05) is 37.3 Å². The first-order valence-corrected chi connectivity index (χ1v) is 9.03. The first kappa shape index (κ1) is 16.7. The Morgan fingerprint density at radius 1 is 1.33 bits per heavy atom. The lowest BCUT2D eigenvalue weighted by atomic mass is 9.92. The van der Waals surface area contributed by atoms with E-state index in [1.165, 1.54) is 29.0 Å². The number of amides is 1. The molecule has 2 aromatic rings. The van der Waals surface area contributed by atoms with Crippen LogP contribution in [0.3, 0.4) is 0 Å².